The first-order valence-electron chi connectivity index (χ1n) is 9.09. The van der Waals surface area contributed by atoms with Gasteiger partial charge < -0.3 is 9.47 Å². The fourth-order valence-electron chi connectivity index (χ4n) is 3.46. The lowest BCUT2D eigenvalue weighted by Gasteiger charge is -2.15. The van der Waals surface area contributed by atoms with Crippen LogP contribution < -0.4 is 9.47 Å². The highest BCUT2D eigenvalue weighted by Crippen LogP contribution is 2.31. The van der Waals surface area contributed by atoms with Crippen molar-refractivity contribution in [2.75, 3.05) is 14.2 Å². The summed E-state index contributed by atoms with van der Waals surface area (Å²) >= 11 is 0. The number of hydrogen-bond donors (Lipinski definition) is 0. The van der Waals surface area contributed by atoms with Crippen molar-refractivity contribution >= 4 is 0 Å². The van der Waals surface area contributed by atoms with E-state index in [2.05, 4.69) is 12.1 Å². The quantitative estimate of drug-likeness (QED) is 0.697. The smallest absolute Gasteiger partial charge is 0.122 e. The van der Waals surface area contributed by atoms with Crippen LogP contribution in [-0.4, -0.2) is 14.2 Å². The molecule has 124 valence electrons. The number of rotatable bonds is 2. The maximum Gasteiger partial charge on any atom is 0.122 e. The van der Waals surface area contributed by atoms with Gasteiger partial charge in [-0.05, 0) is 48.9 Å². The molecule has 2 bridgehead atoms. The largest absolute Gasteiger partial charge is 0.496 e. The normalized spacial score (nSPS) is 18.1. The first kappa shape index (κ1) is 17.2. The van der Waals surface area contributed by atoms with Gasteiger partial charge in [-0.2, -0.15) is 0 Å². The van der Waals surface area contributed by atoms with Crippen molar-refractivity contribution in [2.45, 2.75) is 77.0 Å². The van der Waals surface area contributed by atoms with E-state index < -0.39 is 0 Å². The van der Waals surface area contributed by atoms with Gasteiger partial charge in [-0.3, -0.25) is 0 Å². The van der Waals surface area contributed by atoms with E-state index in [9.17, 15) is 0 Å². The Bertz CT molecular complexity index is 398. The summed E-state index contributed by atoms with van der Waals surface area (Å²) in [5.74, 6) is 2.09. The van der Waals surface area contributed by atoms with Gasteiger partial charge in [0.15, 0.2) is 0 Å². The summed E-state index contributed by atoms with van der Waals surface area (Å²) in [5.41, 5.74) is 2.60. The molecule has 0 spiro atoms. The van der Waals surface area contributed by atoms with E-state index in [0.29, 0.717) is 0 Å². The molecule has 0 saturated carbocycles. The molecule has 0 amide bonds. The van der Waals surface area contributed by atoms with Crippen molar-refractivity contribution in [3.05, 3.63) is 23.3 Å². The van der Waals surface area contributed by atoms with Crippen molar-refractivity contribution in [3.8, 4) is 11.5 Å². The fourth-order valence-corrected chi connectivity index (χ4v) is 3.46. The summed E-state index contributed by atoms with van der Waals surface area (Å²) in [7, 11) is 3.57. The molecule has 22 heavy (non-hydrogen) atoms. The molecule has 2 nitrogen and oxygen atoms in total. The molecule has 0 atom stereocenters. The van der Waals surface area contributed by atoms with Gasteiger partial charge in [0.05, 0.1) is 14.2 Å². The first-order chi connectivity index (χ1) is 10.8. The van der Waals surface area contributed by atoms with E-state index in [1.807, 2.05) is 0 Å². The number of hydrogen-bond acceptors (Lipinski definition) is 2. The standard InChI is InChI=1S/C20H32O2/c1-21-19-15-18-14-12-10-8-6-4-3-5-7-9-11-13-17(19)16-20(18)22-2/h15-16H,3-14H2,1-2H3. The minimum atomic E-state index is 1.04. The Morgan fingerprint density at radius 1 is 0.545 bits per heavy atom. The van der Waals surface area contributed by atoms with Gasteiger partial charge in [-0.15, -0.1) is 0 Å². The maximum absolute atomic E-state index is 5.63. The summed E-state index contributed by atoms with van der Waals surface area (Å²) in [4.78, 5) is 0. The second-order valence-corrected chi connectivity index (χ2v) is 6.51. The fraction of sp³-hybridized carbons (Fsp3) is 0.700. The first-order valence-corrected chi connectivity index (χ1v) is 9.09. The average Bonchev–Trinajstić information content (AvgIpc) is 2.54. The second kappa shape index (κ2) is 9.76. The maximum atomic E-state index is 5.63. The number of methoxy groups -OCH3 is 2. The molecule has 3 rings (SSSR count). The van der Waals surface area contributed by atoms with E-state index >= 15 is 0 Å². The minimum Gasteiger partial charge on any atom is -0.496 e. The average molecular weight is 304 g/mol. The van der Waals surface area contributed by atoms with E-state index in [4.69, 9.17) is 9.47 Å². The van der Waals surface area contributed by atoms with Gasteiger partial charge in [0.2, 0.25) is 0 Å². The predicted molar refractivity (Wildman–Crippen MR) is 93.1 cm³/mol. The third kappa shape index (κ3) is 5.23. The number of fused-ring (bicyclic) bond motifs is 13. The van der Waals surface area contributed by atoms with Gasteiger partial charge in [-0.1, -0.05) is 51.4 Å². The van der Waals surface area contributed by atoms with Crippen molar-refractivity contribution in [2.24, 2.45) is 0 Å². The Hall–Kier alpha value is -1.18. The Morgan fingerprint density at radius 2 is 0.864 bits per heavy atom. The molecule has 2 aliphatic carbocycles. The molecule has 1 aromatic carbocycles. The van der Waals surface area contributed by atoms with E-state index in [0.717, 1.165) is 24.3 Å². The molecule has 0 radical (unpaired) electrons. The van der Waals surface area contributed by atoms with Crippen LogP contribution in [0.3, 0.4) is 0 Å². The zero-order valence-electron chi connectivity index (χ0n) is 14.5. The lowest BCUT2D eigenvalue weighted by atomic mass is 9.98. The molecule has 1 aromatic rings. The topological polar surface area (TPSA) is 18.5 Å². The summed E-state index contributed by atoms with van der Waals surface area (Å²) in [5, 5.41) is 0. The summed E-state index contributed by atoms with van der Waals surface area (Å²) in [6, 6.07) is 4.42. The Labute approximate surface area is 136 Å². The lowest BCUT2D eigenvalue weighted by Crippen LogP contribution is -1.99. The van der Waals surface area contributed by atoms with Gasteiger partial charge >= 0.3 is 0 Å². The second-order valence-electron chi connectivity index (χ2n) is 6.51. The van der Waals surface area contributed by atoms with Crippen molar-refractivity contribution in [3.63, 3.8) is 0 Å². The summed E-state index contributed by atoms with van der Waals surface area (Å²) < 4.78 is 11.3. The van der Waals surface area contributed by atoms with Gasteiger partial charge in [-0.25, -0.2) is 0 Å². The van der Waals surface area contributed by atoms with Crippen LogP contribution in [0, 0.1) is 0 Å². The van der Waals surface area contributed by atoms with Gasteiger partial charge in [0, 0.05) is 0 Å². The Morgan fingerprint density at radius 3 is 1.18 bits per heavy atom. The Kier molecular flexibility index (Phi) is 7.62. The molecular formula is C20H32O2. The summed E-state index contributed by atoms with van der Waals surface area (Å²) in [6.07, 6.45) is 15.7. The molecule has 0 N–H and O–H groups in total. The van der Waals surface area contributed by atoms with E-state index in [1.54, 1.807) is 14.2 Å². The van der Waals surface area contributed by atoms with Crippen LogP contribution >= 0.6 is 0 Å². The van der Waals surface area contributed by atoms with Crippen LogP contribution in [0.4, 0.5) is 0 Å². The molecule has 0 aromatic heterocycles. The Balaban J connectivity index is 2.12. The zero-order chi connectivity index (χ0) is 15.6. The molecule has 0 unspecified atom stereocenters. The van der Waals surface area contributed by atoms with Crippen molar-refractivity contribution < 1.29 is 9.47 Å². The van der Waals surface area contributed by atoms with Crippen LogP contribution in [0.1, 0.15) is 75.3 Å². The van der Waals surface area contributed by atoms with Crippen molar-refractivity contribution in [1.82, 2.24) is 0 Å². The van der Waals surface area contributed by atoms with E-state index in [-0.39, 0.29) is 0 Å². The number of benzene rings is 1. The highest BCUT2D eigenvalue weighted by atomic mass is 16.5. The van der Waals surface area contributed by atoms with E-state index in [1.165, 1.54) is 75.3 Å². The molecule has 2 aliphatic rings. The highest BCUT2D eigenvalue weighted by Gasteiger charge is 2.11. The third-order valence-electron chi connectivity index (χ3n) is 4.83. The van der Waals surface area contributed by atoms with Crippen molar-refractivity contribution in [1.29, 1.82) is 0 Å². The summed E-state index contributed by atoms with van der Waals surface area (Å²) in [6.45, 7) is 0. The minimum absolute atomic E-state index is 1.04. The number of aryl methyl sites for hydroxylation is 2. The van der Waals surface area contributed by atoms with Gasteiger partial charge in [0.25, 0.3) is 0 Å². The lowest BCUT2D eigenvalue weighted by molar-refractivity contribution is 0.393. The third-order valence-corrected chi connectivity index (χ3v) is 4.83. The predicted octanol–water partition coefficient (Wildman–Crippen LogP) is 5.70. The SMILES string of the molecule is COc1cc2c(OC)cc1CCCCCCCCCCCC2. The molecule has 0 fully saturated rings. The number of ether oxygens (including phenoxy) is 2. The zero-order valence-corrected chi connectivity index (χ0v) is 14.5. The highest BCUT2D eigenvalue weighted by molar-refractivity contribution is 5.46. The van der Waals surface area contributed by atoms with Gasteiger partial charge in [0.1, 0.15) is 11.5 Å². The molecular weight excluding hydrogens is 272 g/mol. The van der Waals surface area contributed by atoms with Crippen LogP contribution in [0.25, 0.3) is 0 Å². The monoisotopic (exact) mass is 304 g/mol. The van der Waals surface area contributed by atoms with Crippen LogP contribution in [0.5, 0.6) is 11.5 Å². The molecule has 2 heteroatoms. The molecule has 0 aliphatic heterocycles. The van der Waals surface area contributed by atoms with Crippen LogP contribution in [0.15, 0.2) is 12.1 Å². The molecule has 0 saturated heterocycles. The van der Waals surface area contributed by atoms with Crippen LogP contribution in [0.2, 0.25) is 0 Å². The molecule has 0 heterocycles. The van der Waals surface area contributed by atoms with Crippen LogP contribution in [-0.2, 0) is 12.8 Å².